The molecule has 1 N–H and O–H groups in total. The number of hydrogen-bond donors (Lipinski definition) is 1. The quantitative estimate of drug-likeness (QED) is 0.579. The average molecular weight is 266 g/mol. The molecule has 0 bridgehead atoms. The lowest BCUT2D eigenvalue weighted by Gasteiger charge is -2.05. The van der Waals surface area contributed by atoms with Gasteiger partial charge in [-0.25, -0.2) is 4.98 Å². The van der Waals surface area contributed by atoms with Gasteiger partial charge in [-0.05, 0) is 19.8 Å². The monoisotopic (exact) mass is 266 g/mol. The minimum Gasteiger partial charge on any atom is -0.396 e. The lowest BCUT2D eigenvalue weighted by Crippen LogP contribution is -1.98. The molecule has 0 unspecified atom stereocenters. The third-order valence-electron chi connectivity index (χ3n) is 3.73. The molecule has 0 saturated heterocycles. The van der Waals surface area contributed by atoms with Crippen molar-refractivity contribution in [1.82, 2.24) is 9.55 Å². The van der Waals surface area contributed by atoms with Gasteiger partial charge in [-0.2, -0.15) is 0 Å². The first-order valence-electron chi connectivity index (χ1n) is 7.93. The van der Waals surface area contributed by atoms with Gasteiger partial charge in [0.1, 0.15) is 5.82 Å². The van der Waals surface area contributed by atoms with Gasteiger partial charge in [-0.3, -0.25) is 0 Å². The number of aryl methyl sites for hydroxylation is 2. The van der Waals surface area contributed by atoms with Crippen molar-refractivity contribution >= 4 is 0 Å². The Kier molecular flexibility index (Phi) is 9.42. The van der Waals surface area contributed by atoms with Crippen molar-refractivity contribution < 1.29 is 5.11 Å². The first-order valence-corrected chi connectivity index (χ1v) is 7.93. The number of imidazole rings is 1. The molecule has 0 aromatic carbocycles. The second kappa shape index (κ2) is 11.0. The Labute approximate surface area is 118 Å². The maximum absolute atomic E-state index is 8.67. The van der Waals surface area contributed by atoms with Gasteiger partial charge in [0, 0.05) is 25.5 Å². The van der Waals surface area contributed by atoms with Crippen molar-refractivity contribution in [1.29, 1.82) is 0 Å². The lowest BCUT2D eigenvalue weighted by atomic mass is 10.1. The highest BCUT2D eigenvalue weighted by Gasteiger charge is 1.96. The number of nitrogens with zero attached hydrogens (tertiary/aromatic N) is 2. The summed E-state index contributed by atoms with van der Waals surface area (Å²) in [6.07, 6.45) is 16.9. The molecule has 0 radical (unpaired) electrons. The van der Waals surface area contributed by atoms with Crippen LogP contribution in [0.1, 0.15) is 70.0 Å². The molecule has 1 rings (SSSR count). The highest BCUT2D eigenvalue weighted by Crippen LogP contribution is 2.11. The van der Waals surface area contributed by atoms with Crippen molar-refractivity contribution in [3.63, 3.8) is 0 Å². The predicted octanol–water partition coefficient (Wildman–Crippen LogP) is 4.08. The van der Waals surface area contributed by atoms with Crippen molar-refractivity contribution in [3.05, 3.63) is 18.2 Å². The van der Waals surface area contributed by atoms with Crippen molar-refractivity contribution in [2.45, 2.75) is 77.7 Å². The first-order chi connectivity index (χ1) is 9.34. The van der Waals surface area contributed by atoms with Gasteiger partial charge in [0.05, 0.1) is 0 Å². The maximum atomic E-state index is 8.67. The average Bonchev–Trinajstić information content (AvgIpc) is 2.82. The zero-order valence-corrected chi connectivity index (χ0v) is 12.5. The summed E-state index contributed by atoms with van der Waals surface area (Å²) in [6.45, 7) is 3.54. The van der Waals surface area contributed by atoms with E-state index in [1.54, 1.807) is 0 Å². The molecule has 0 amide bonds. The lowest BCUT2D eigenvalue weighted by molar-refractivity contribution is 0.282. The third-order valence-corrected chi connectivity index (χ3v) is 3.73. The van der Waals surface area contributed by atoms with Crippen LogP contribution in [-0.4, -0.2) is 21.3 Å². The smallest absolute Gasteiger partial charge is 0.105 e. The van der Waals surface area contributed by atoms with Gasteiger partial charge in [-0.1, -0.05) is 51.4 Å². The van der Waals surface area contributed by atoms with E-state index in [2.05, 4.69) is 22.7 Å². The fourth-order valence-electron chi connectivity index (χ4n) is 2.45. The van der Waals surface area contributed by atoms with Gasteiger partial charge in [0.2, 0.25) is 0 Å². The molecule has 0 fully saturated rings. The van der Waals surface area contributed by atoms with E-state index >= 15 is 0 Å². The zero-order valence-electron chi connectivity index (χ0n) is 12.5. The molecule has 1 heterocycles. The molecule has 0 aliphatic rings. The summed E-state index contributed by atoms with van der Waals surface area (Å²) in [4.78, 5) is 4.23. The van der Waals surface area contributed by atoms with Crippen LogP contribution in [0, 0.1) is 6.92 Å². The fraction of sp³-hybridized carbons (Fsp3) is 0.812. The van der Waals surface area contributed by atoms with E-state index in [0.29, 0.717) is 6.61 Å². The van der Waals surface area contributed by atoms with Crippen molar-refractivity contribution in [3.8, 4) is 0 Å². The predicted molar refractivity (Wildman–Crippen MR) is 80.2 cm³/mol. The topological polar surface area (TPSA) is 38.0 Å². The van der Waals surface area contributed by atoms with Crippen LogP contribution < -0.4 is 0 Å². The molecule has 1 aromatic rings. The van der Waals surface area contributed by atoms with Gasteiger partial charge in [0.15, 0.2) is 0 Å². The van der Waals surface area contributed by atoms with Crippen LogP contribution in [0.4, 0.5) is 0 Å². The van der Waals surface area contributed by atoms with Crippen LogP contribution in [0.5, 0.6) is 0 Å². The SMILES string of the molecule is Cc1nccn1CCCCCCCCCCCCO. The molecule has 0 atom stereocenters. The van der Waals surface area contributed by atoms with Gasteiger partial charge in [0.25, 0.3) is 0 Å². The van der Waals surface area contributed by atoms with Crippen LogP contribution in [0.25, 0.3) is 0 Å². The number of hydrogen-bond acceptors (Lipinski definition) is 2. The second-order valence-electron chi connectivity index (χ2n) is 5.43. The third kappa shape index (κ3) is 8.04. The van der Waals surface area contributed by atoms with E-state index in [1.807, 2.05) is 6.20 Å². The van der Waals surface area contributed by atoms with Crippen LogP contribution in [0.3, 0.4) is 0 Å². The maximum Gasteiger partial charge on any atom is 0.105 e. The highest BCUT2D eigenvalue weighted by atomic mass is 16.2. The summed E-state index contributed by atoms with van der Waals surface area (Å²) in [7, 11) is 0. The molecular formula is C16H30N2O. The number of aromatic nitrogens is 2. The van der Waals surface area contributed by atoms with Crippen molar-refractivity contribution in [2.75, 3.05) is 6.61 Å². The number of aliphatic hydroxyl groups is 1. The second-order valence-corrected chi connectivity index (χ2v) is 5.43. The van der Waals surface area contributed by atoms with Crippen molar-refractivity contribution in [2.24, 2.45) is 0 Å². The molecule has 0 aliphatic heterocycles. The molecule has 19 heavy (non-hydrogen) atoms. The number of aliphatic hydroxyl groups excluding tert-OH is 1. The highest BCUT2D eigenvalue weighted by molar-refractivity contribution is 4.87. The van der Waals surface area contributed by atoms with E-state index in [9.17, 15) is 0 Å². The Bertz CT molecular complexity index is 309. The normalized spacial score (nSPS) is 11.1. The summed E-state index contributed by atoms with van der Waals surface area (Å²) < 4.78 is 2.24. The first kappa shape index (κ1) is 16.2. The van der Waals surface area contributed by atoms with Gasteiger partial charge >= 0.3 is 0 Å². The summed E-state index contributed by atoms with van der Waals surface area (Å²) in [5, 5.41) is 8.67. The Hall–Kier alpha value is -0.830. The van der Waals surface area contributed by atoms with E-state index in [-0.39, 0.29) is 0 Å². The van der Waals surface area contributed by atoms with E-state index in [4.69, 9.17) is 5.11 Å². The van der Waals surface area contributed by atoms with Gasteiger partial charge < -0.3 is 9.67 Å². The summed E-state index contributed by atoms with van der Waals surface area (Å²) >= 11 is 0. The molecule has 0 aliphatic carbocycles. The van der Waals surface area contributed by atoms with Crippen LogP contribution in [-0.2, 0) is 6.54 Å². The van der Waals surface area contributed by atoms with Crippen LogP contribution in [0.2, 0.25) is 0 Å². The minimum absolute atomic E-state index is 0.358. The summed E-state index contributed by atoms with van der Waals surface area (Å²) in [6, 6.07) is 0. The fourth-order valence-corrected chi connectivity index (χ4v) is 2.45. The van der Waals surface area contributed by atoms with E-state index < -0.39 is 0 Å². The zero-order chi connectivity index (χ0) is 13.8. The van der Waals surface area contributed by atoms with E-state index in [1.165, 1.54) is 57.8 Å². The molecule has 0 spiro atoms. The Balaban J connectivity index is 1.80. The molecule has 3 nitrogen and oxygen atoms in total. The number of unbranched alkanes of at least 4 members (excludes halogenated alkanes) is 9. The summed E-state index contributed by atoms with van der Waals surface area (Å²) in [5.41, 5.74) is 0. The summed E-state index contributed by atoms with van der Waals surface area (Å²) in [5.74, 6) is 1.13. The largest absolute Gasteiger partial charge is 0.396 e. The molecular weight excluding hydrogens is 236 g/mol. The van der Waals surface area contributed by atoms with Crippen LogP contribution >= 0.6 is 0 Å². The molecule has 110 valence electrons. The number of rotatable bonds is 12. The Morgan fingerprint density at radius 2 is 1.42 bits per heavy atom. The minimum atomic E-state index is 0.358. The molecule has 0 saturated carbocycles. The van der Waals surface area contributed by atoms with E-state index in [0.717, 1.165) is 18.8 Å². The Morgan fingerprint density at radius 1 is 0.895 bits per heavy atom. The standard InChI is InChI=1S/C16H30N2O/c1-16-17-12-14-18(16)13-10-8-6-4-2-3-5-7-9-11-15-19/h12,14,19H,2-11,13,15H2,1H3. The molecule has 1 aromatic heterocycles. The molecule has 3 heteroatoms. The van der Waals surface area contributed by atoms with Gasteiger partial charge in [-0.15, -0.1) is 0 Å². The van der Waals surface area contributed by atoms with Crippen LogP contribution in [0.15, 0.2) is 12.4 Å². The Morgan fingerprint density at radius 3 is 1.89 bits per heavy atom.